The van der Waals surface area contributed by atoms with Gasteiger partial charge in [-0.1, -0.05) is 27.7 Å². The van der Waals surface area contributed by atoms with Crippen LogP contribution in [0.3, 0.4) is 0 Å². The summed E-state index contributed by atoms with van der Waals surface area (Å²) < 4.78 is 0. The van der Waals surface area contributed by atoms with Gasteiger partial charge in [0.15, 0.2) is 0 Å². The van der Waals surface area contributed by atoms with Crippen molar-refractivity contribution in [3.8, 4) is 0 Å². The first-order chi connectivity index (χ1) is 4.54. The minimum atomic E-state index is 0.553. The van der Waals surface area contributed by atoms with E-state index in [9.17, 15) is 0 Å². The molecule has 59 valence electrons. The molecular formula is C10H19. The highest BCUT2D eigenvalue weighted by molar-refractivity contribution is 4.91. The van der Waals surface area contributed by atoms with Crippen molar-refractivity contribution in [3.05, 3.63) is 6.42 Å². The van der Waals surface area contributed by atoms with Gasteiger partial charge in [-0.15, -0.1) is 0 Å². The smallest absolute Gasteiger partial charge is 0.0323 e. The Hall–Kier alpha value is 0. The van der Waals surface area contributed by atoms with Crippen LogP contribution < -0.4 is 0 Å². The van der Waals surface area contributed by atoms with E-state index < -0.39 is 0 Å². The van der Waals surface area contributed by atoms with Crippen molar-refractivity contribution >= 4 is 0 Å². The third-order valence-electron chi connectivity index (χ3n) is 3.30. The van der Waals surface area contributed by atoms with Gasteiger partial charge in [-0.05, 0) is 36.5 Å². The van der Waals surface area contributed by atoms with Crippen LogP contribution in [-0.4, -0.2) is 0 Å². The summed E-state index contributed by atoms with van der Waals surface area (Å²) in [5.74, 6) is 1.78. The molecule has 2 unspecified atom stereocenters. The third-order valence-corrected chi connectivity index (χ3v) is 3.30. The molecule has 0 bridgehead atoms. The Labute approximate surface area is 65.0 Å². The molecule has 0 aromatic heterocycles. The first-order valence-electron chi connectivity index (χ1n) is 4.36. The maximum atomic E-state index is 2.45. The minimum Gasteiger partial charge on any atom is -0.0622 e. The van der Waals surface area contributed by atoms with Gasteiger partial charge >= 0.3 is 0 Å². The van der Waals surface area contributed by atoms with E-state index >= 15 is 0 Å². The number of hydrogen-bond acceptors (Lipinski definition) is 0. The molecule has 0 aliphatic heterocycles. The van der Waals surface area contributed by atoms with E-state index in [4.69, 9.17) is 0 Å². The molecule has 0 spiro atoms. The van der Waals surface area contributed by atoms with Gasteiger partial charge in [-0.3, -0.25) is 0 Å². The van der Waals surface area contributed by atoms with Crippen molar-refractivity contribution in [2.75, 3.05) is 0 Å². The largest absolute Gasteiger partial charge is 0.0622 e. The zero-order valence-corrected chi connectivity index (χ0v) is 7.65. The van der Waals surface area contributed by atoms with E-state index in [1.54, 1.807) is 0 Å². The molecule has 0 saturated heterocycles. The Balaban J connectivity index is 2.60. The summed E-state index contributed by atoms with van der Waals surface area (Å²) in [5, 5.41) is 0. The van der Waals surface area contributed by atoms with Gasteiger partial charge in [0.1, 0.15) is 0 Å². The molecule has 1 aliphatic carbocycles. The molecule has 2 atom stereocenters. The summed E-state index contributed by atoms with van der Waals surface area (Å²) in [6.45, 7) is 9.51. The molecule has 0 aromatic rings. The zero-order chi connectivity index (χ0) is 7.78. The van der Waals surface area contributed by atoms with E-state index in [-0.39, 0.29) is 0 Å². The molecule has 1 rings (SSSR count). The fourth-order valence-electron chi connectivity index (χ4n) is 1.88. The Kier molecular flexibility index (Phi) is 2.07. The van der Waals surface area contributed by atoms with Crippen molar-refractivity contribution in [2.45, 2.75) is 40.5 Å². The summed E-state index contributed by atoms with van der Waals surface area (Å²) in [4.78, 5) is 0. The molecule has 10 heavy (non-hydrogen) atoms. The van der Waals surface area contributed by atoms with Gasteiger partial charge in [0, 0.05) is 0 Å². The first-order valence-corrected chi connectivity index (χ1v) is 4.36. The molecule has 1 aliphatic rings. The molecule has 0 nitrogen and oxygen atoms in total. The van der Waals surface area contributed by atoms with E-state index in [0.29, 0.717) is 5.41 Å². The van der Waals surface area contributed by atoms with Crippen molar-refractivity contribution in [1.29, 1.82) is 0 Å². The highest BCUT2D eigenvalue weighted by atomic mass is 14.4. The monoisotopic (exact) mass is 139 g/mol. The molecule has 0 heterocycles. The van der Waals surface area contributed by atoms with Crippen LogP contribution in [0.15, 0.2) is 0 Å². The summed E-state index contributed by atoms with van der Waals surface area (Å²) >= 11 is 0. The van der Waals surface area contributed by atoms with Crippen molar-refractivity contribution in [2.24, 2.45) is 17.3 Å². The van der Waals surface area contributed by atoms with Crippen molar-refractivity contribution < 1.29 is 0 Å². The Morgan fingerprint density at radius 1 is 1.30 bits per heavy atom. The van der Waals surface area contributed by atoms with Crippen molar-refractivity contribution in [1.82, 2.24) is 0 Å². The number of hydrogen-bond donors (Lipinski definition) is 0. The second-order valence-corrected chi connectivity index (χ2v) is 4.48. The van der Waals surface area contributed by atoms with Gasteiger partial charge in [-0.25, -0.2) is 0 Å². The molecule has 0 aromatic carbocycles. The highest BCUT2D eigenvalue weighted by Gasteiger charge is 2.33. The summed E-state index contributed by atoms with van der Waals surface area (Å²) in [7, 11) is 0. The number of rotatable bonds is 0. The summed E-state index contributed by atoms with van der Waals surface area (Å²) in [6.07, 6.45) is 5.08. The Morgan fingerprint density at radius 3 is 2.30 bits per heavy atom. The molecule has 0 heteroatoms. The fourth-order valence-corrected chi connectivity index (χ4v) is 1.88. The van der Waals surface area contributed by atoms with Crippen LogP contribution in [0, 0.1) is 23.7 Å². The second-order valence-electron chi connectivity index (χ2n) is 4.48. The van der Waals surface area contributed by atoms with Crippen LogP contribution in [0.2, 0.25) is 0 Å². The lowest BCUT2D eigenvalue weighted by Crippen LogP contribution is -2.31. The highest BCUT2D eigenvalue weighted by Crippen LogP contribution is 2.42. The van der Waals surface area contributed by atoms with Gasteiger partial charge in [0.05, 0.1) is 0 Å². The van der Waals surface area contributed by atoms with E-state index in [2.05, 4.69) is 34.1 Å². The lowest BCUT2D eigenvalue weighted by atomic mass is 9.65. The molecule has 1 saturated carbocycles. The van der Waals surface area contributed by atoms with Crippen molar-refractivity contribution in [3.63, 3.8) is 0 Å². The van der Waals surface area contributed by atoms with Crippen LogP contribution in [0.1, 0.15) is 40.5 Å². The normalized spacial score (nSPS) is 39.6. The van der Waals surface area contributed by atoms with E-state index in [1.807, 2.05) is 0 Å². The quantitative estimate of drug-likeness (QED) is 0.483. The summed E-state index contributed by atoms with van der Waals surface area (Å²) in [6, 6.07) is 0. The lowest BCUT2D eigenvalue weighted by Gasteiger charge is -2.40. The molecule has 0 amide bonds. The second kappa shape index (κ2) is 2.56. The first kappa shape index (κ1) is 8.10. The Morgan fingerprint density at radius 2 is 1.90 bits per heavy atom. The van der Waals surface area contributed by atoms with Gasteiger partial charge < -0.3 is 0 Å². The van der Waals surface area contributed by atoms with E-state index in [0.717, 1.165) is 11.8 Å². The van der Waals surface area contributed by atoms with Gasteiger partial charge in [-0.2, -0.15) is 0 Å². The molecular weight excluding hydrogens is 120 g/mol. The van der Waals surface area contributed by atoms with Gasteiger partial charge in [0.25, 0.3) is 0 Å². The SMILES string of the molecule is CC1C[CH]CC(C)(C)C1C. The standard InChI is InChI=1S/C10H19/c1-8-6-5-7-10(3,4)9(8)2/h5,8-9H,6-7H2,1-4H3. The summed E-state index contributed by atoms with van der Waals surface area (Å²) in [5.41, 5.74) is 0.553. The van der Waals surface area contributed by atoms with Gasteiger partial charge in [0.2, 0.25) is 0 Å². The molecule has 1 fully saturated rings. The topological polar surface area (TPSA) is 0 Å². The third kappa shape index (κ3) is 1.36. The Bertz CT molecular complexity index is 113. The fraction of sp³-hybridized carbons (Fsp3) is 0.900. The van der Waals surface area contributed by atoms with Crippen LogP contribution in [0.25, 0.3) is 0 Å². The molecule has 0 N–H and O–H groups in total. The minimum absolute atomic E-state index is 0.553. The maximum Gasteiger partial charge on any atom is -0.0323 e. The van der Waals surface area contributed by atoms with Crippen LogP contribution in [-0.2, 0) is 0 Å². The average molecular weight is 139 g/mol. The van der Waals surface area contributed by atoms with Crippen LogP contribution in [0.4, 0.5) is 0 Å². The van der Waals surface area contributed by atoms with Crippen LogP contribution in [0.5, 0.6) is 0 Å². The van der Waals surface area contributed by atoms with Crippen LogP contribution >= 0.6 is 0 Å². The molecule has 1 radical (unpaired) electrons. The van der Waals surface area contributed by atoms with E-state index in [1.165, 1.54) is 12.8 Å². The predicted molar refractivity (Wildman–Crippen MR) is 45.6 cm³/mol. The zero-order valence-electron chi connectivity index (χ0n) is 7.65. The lowest BCUT2D eigenvalue weighted by molar-refractivity contribution is 0.129. The average Bonchev–Trinajstić information content (AvgIpc) is 1.83. The predicted octanol–water partition coefficient (Wildman–Crippen LogP) is 3.28. The maximum absolute atomic E-state index is 2.45.